The highest BCUT2D eigenvalue weighted by Gasteiger charge is 2.28. The van der Waals surface area contributed by atoms with E-state index in [2.05, 4.69) is 79.9 Å². The van der Waals surface area contributed by atoms with Gasteiger partial charge in [-0.25, -0.2) is 9.36 Å². The largest absolute Gasteiger partial charge is 0.480 e. The minimum atomic E-state index is -4.76. The highest BCUT2D eigenvalue weighted by atomic mass is 31.2. The van der Waals surface area contributed by atoms with Crippen molar-refractivity contribution in [2.75, 3.05) is 19.8 Å². The molecular weight excluding hydrogens is 757 g/mol. The molecule has 0 radical (unpaired) electrons. The number of aliphatic hydroxyl groups excluding tert-OH is 1. The third-order valence-electron chi connectivity index (χ3n) is 9.29. The summed E-state index contributed by atoms with van der Waals surface area (Å²) in [6.07, 6.45) is 46.6. The molecule has 0 heterocycles. The first-order valence-corrected chi connectivity index (χ1v) is 23.8. The van der Waals surface area contributed by atoms with Crippen molar-refractivity contribution < 1.29 is 47.8 Å². The molecule has 0 spiro atoms. The number of allylic oxidation sites excluding steroid dienone is 10. The van der Waals surface area contributed by atoms with Crippen molar-refractivity contribution in [1.29, 1.82) is 0 Å². The number of hydrogen-bond donors (Lipinski definition) is 4. The summed E-state index contributed by atoms with van der Waals surface area (Å²) in [5.41, 5.74) is 0. The third kappa shape index (κ3) is 40.0. The molecule has 0 rings (SSSR count). The summed E-state index contributed by atoms with van der Waals surface area (Å²) in [4.78, 5) is 45.9. The van der Waals surface area contributed by atoms with Gasteiger partial charge >= 0.3 is 19.8 Å². The third-order valence-corrected chi connectivity index (χ3v) is 10.2. The number of esters is 1. The maximum atomic E-state index is 12.3. The topological polar surface area (TPSA) is 169 Å². The standard InChI is InChI=1S/C46H80NO10P/c1-3-5-7-9-11-13-15-17-19-21-23-25-27-29-31-33-35-37-44(49)47-43(46(51)52)41-57-58(53,54)56-40-42(48)39-55-45(50)38-36-34-32-30-28-26-24-22-20-18-16-14-12-10-8-6-4-2/h6,8,11-14,17-20,42-43,48H,3-5,7,9-10,15-16,21-41H2,1-2H3,(H,47,49)(H,51,52)(H,53,54)/b8-6-,13-11-,14-12-,19-17-,20-18-. The SMILES string of the molecule is CC/C=C\C/C=C\C/C=C\CCCCCCCCCC(=O)OCC(O)COP(=O)(O)OCC(NC(=O)CCCCCCCCC/C=C\C/C=C\CCCCC)C(=O)O. The van der Waals surface area contributed by atoms with Gasteiger partial charge in [-0.15, -0.1) is 0 Å². The number of hydrogen-bond acceptors (Lipinski definition) is 8. The predicted octanol–water partition coefficient (Wildman–Crippen LogP) is 11.6. The summed E-state index contributed by atoms with van der Waals surface area (Å²) < 4.78 is 26.8. The number of amides is 1. The molecule has 334 valence electrons. The zero-order valence-electron chi connectivity index (χ0n) is 36.1. The first-order valence-electron chi connectivity index (χ1n) is 22.3. The summed E-state index contributed by atoms with van der Waals surface area (Å²) in [6.45, 7) is 2.44. The number of aliphatic hydroxyl groups is 1. The summed E-state index contributed by atoms with van der Waals surface area (Å²) >= 11 is 0. The molecule has 12 heteroatoms. The van der Waals surface area contributed by atoms with Crippen LogP contribution in [0.15, 0.2) is 60.8 Å². The average molecular weight is 838 g/mol. The van der Waals surface area contributed by atoms with Gasteiger partial charge in [0.25, 0.3) is 0 Å². The molecule has 0 fully saturated rings. The van der Waals surface area contributed by atoms with Crippen LogP contribution in [0, 0.1) is 0 Å². The van der Waals surface area contributed by atoms with Crippen LogP contribution in [0.4, 0.5) is 0 Å². The van der Waals surface area contributed by atoms with Crippen LogP contribution in [0.3, 0.4) is 0 Å². The molecule has 58 heavy (non-hydrogen) atoms. The van der Waals surface area contributed by atoms with E-state index in [-0.39, 0.29) is 12.8 Å². The number of carboxylic acids is 1. The molecule has 4 N–H and O–H groups in total. The van der Waals surface area contributed by atoms with Gasteiger partial charge in [0, 0.05) is 12.8 Å². The Kier molecular flexibility index (Phi) is 38.9. The van der Waals surface area contributed by atoms with Gasteiger partial charge in [-0.3, -0.25) is 18.6 Å². The van der Waals surface area contributed by atoms with Gasteiger partial charge in [0.1, 0.15) is 12.7 Å². The second-order valence-corrected chi connectivity index (χ2v) is 16.3. The van der Waals surface area contributed by atoms with Crippen LogP contribution in [0.1, 0.15) is 181 Å². The minimum absolute atomic E-state index is 0.134. The zero-order valence-corrected chi connectivity index (χ0v) is 37.0. The maximum Gasteiger partial charge on any atom is 0.472 e. The molecule has 1 amide bonds. The quantitative estimate of drug-likeness (QED) is 0.0201. The van der Waals surface area contributed by atoms with Gasteiger partial charge in [0.2, 0.25) is 5.91 Å². The van der Waals surface area contributed by atoms with Crippen molar-refractivity contribution in [2.24, 2.45) is 0 Å². The minimum Gasteiger partial charge on any atom is -0.480 e. The fourth-order valence-electron chi connectivity index (χ4n) is 5.83. The van der Waals surface area contributed by atoms with E-state index in [0.717, 1.165) is 96.3 Å². The van der Waals surface area contributed by atoms with Crippen LogP contribution >= 0.6 is 7.82 Å². The summed E-state index contributed by atoms with van der Waals surface area (Å²) in [5.74, 6) is -2.40. The van der Waals surface area contributed by atoms with E-state index < -0.39 is 57.6 Å². The Balaban J connectivity index is 3.92. The van der Waals surface area contributed by atoms with Gasteiger partial charge in [0.15, 0.2) is 6.04 Å². The van der Waals surface area contributed by atoms with E-state index in [4.69, 9.17) is 13.8 Å². The van der Waals surface area contributed by atoms with Crippen molar-refractivity contribution in [3.05, 3.63) is 60.8 Å². The number of nitrogens with one attached hydrogen (secondary N) is 1. The lowest BCUT2D eigenvalue weighted by Gasteiger charge is -2.18. The summed E-state index contributed by atoms with van der Waals surface area (Å²) in [7, 11) is -4.76. The van der Waals surface area contributed by atoms with Gasteiger partial charge in [-0.05, 0) is 77.0 Å². The van der Waals surface area contributed by atoms with Gasteiger partial charge in [-0.1, -0.05) is 152 Å². The zero-order chi connectivity index (χ0) is 42.8. The number of phosphoric acid groups is 1. The van der Waals surface area contributed by atoms with E-state index in [9.17, 15) is 34.1 Å². The molecule has 0 aromatic heterocycles. The number of aliphatic carboxylic acids is 1. The van der Waals surface area contributed by atoms with Crippen molar-refractivity contribution >= 4 is 25.7 Å². The molecule has 0 saturated carbocycles. The van der Waals surface area contributed by atoms with Gasteiger partial charge in [-0.2, -0.15) is 0 Å². The molecule has 0 aliphatic heterocycles. The lowest BCUT2D eigenvalue weighted by molar-refractivity contribution is -0.147. The summed E-state index contributed by atoms with van der Waals surface area (Å²) in [6, 6.07) is -1.55. The molecule has 0 aromatic carbocycles. The molecule has 11 nitrogen and oxygen atoms in total. The Morgan fingerprint density at radius 2 is 1.00 bits per heavy atom. The first kappa shape index (κ1) is 55.2. The van der Waals surface area contributed by atoms with Crippen molar-refractivity contribution in [3.63, 3.8) is 0 Å². The lowest BCUT2D eigenvalue weighted by Crippen LogP contribution is -2.43. The Bertz CT molecular complexity index is 1210. The van der Waals surface area contributed by atoms with Crippen molar-refractivity contribution in [3.8, 4) is 0 Å². The second-order valence-electron chi connectivity index (χ2n) is 14.9. The number of rotatable bonds is 41. The fourth-order valence-corrected chi connectivity index (χ4v) is 6.60. The molecule has 0 aliphatic rings. The van der Waals surface area contributed by atoms with Crippen molar-refractivity contribution in [2.45, 2.75) is 193 Å². The molecule has 3 unspecified atom stereocenters. The summed E-state index contributed by atoms with van der Waals surface area (Å²) in [5, 5.41) is 21.8. The normalized spacial score (nSPS) is 14.3. The monoisotopic (exact) mass is 838 g/mol. The maximum absolute atomic E-state index is 12.3. The number of unbranched alkanes of at least 4 members (excludes halogenated alkanes) is 17. The van der Waals surface area contributed by atoms with Crippen LogP contribution in [0.25, 0.3) is 0 Å². The Morgan fingerprint density at radius 1 is 0.569 bits per heavy atom. The number of phosphoric ester groups is 1. The van der Waals surface area contributed by atoms with Crippen LogP contribution in [-0.2, 0) is 32.7 Å². The molecule has 3 atom stereocenters. The van der Waals surface area contributed by atoms with Gasteiger partial charge in [0.05, 0.1) is 13.2 Å². The second kappa shape index (κ2) is 40.9. The number of ether oxygens (including phenoxy) is 1. The first-order chi connectivity index (χ1) is 28.1. The predicted molar refractivity (Wildman–Crippen MR) is 235 cm³/mol. The average Bonchev–Trinajstić information content (AvgIpc) is 3.20. The highest BCUT2D eigenvalue weighted by molar-refractivity contribution is 7.47. The number of carbonyl (C=O) groups is 3. The van der Waals surface area contributed by atoms with Crippen LogP contribution < -0.4 is 5.32 Å². The van der Waals surface area contributed by atoms with Crippen LogP contribution in [0.2, 0.25) is 0 Å². The smallest absolute Gasteiger partial charge is 0.472 e. The lowest BCUT2D eigenvalue weighted by atomic mass is 10.1. The molecule has 0 aromatic rings. The Labute approximate surface area is 351 Å². The van der Waals surface area contributed by atoms with E-state index in [1.165, 1.54) is 44.9 Å². The number of carboxylic acid groups (broad SMARTS) is 1. The Hall–Kier alpha value is -2.82. The highest BCUT2D eigenvalue weighted by Crippen LogP contribution is 2.43. The van der Waals surface area contributed by atoms with Gasteiger partial charge < -0.3 is 25.2 Å². The van der Waals surface area contributed by atoms with E-state index in [0.29, 0.717) is 12.8 Å². The van der Waals surface area contributed by atoms with E-state index >= 15 is 0 Å². The number of carbonyl (C=O) groups excluding carboxylic acids is 2. The molecule has 0 saturated heterocycles. The van der Waals surface area contributed by atoms with E-state index in [1.54, 1.807) is 0 Å². The van der Waals surface area contributed by atoms with Crippen molar-refractivity contribution in [1.82, 2.24) is 5.32 Å². The molecule has 0 aliphatic carbocycles. The Morgan fingerprint density at radius 3 is 1.50 bits per heavy atom. The van der Waals surface area contributed by atoms with Crippen LogP contribution in [0.5, 0.6) is 0 Å². The molecular formula is C46H80NO10P. The van der Waals surface area contributed by atoms with E-state index in [1.807, 2.05) is 0 Å². The molecule has 0 bridgehead atoms. The van der Waals surface area contributed by atoms with Crippen LogP contribution in [-0.4, -0.2) is 64.9 Å². The fraction of sp³-hybridized carbons (Fsp3) is 0.717.